The summed E-state index contributed by atoms with van der Waals surface area (Å²) in [6.07, 6.45) is 1.57. The number of aryl methyl sites for hydroxylation is 1. The molecule has 0 atom stereocenters. The van der Waals surface area contributed by atoms with Crippen LogP contribution >= 0.6 is 0 Å². The van der Waals surface area contributed by atoms with E-state index in [-0.39, 0.29) is 5.69 Å². The number of benzene rings is 2. The Morgan fingerprint density at radius 3 is 2.74 bits per heavy atom. The van der Waals surface area contributed by atoms with Crippen LogP contribution in [-0.2, 0) is 24.4 Å². The van der Waals surface area contributed by atoms with Crippen molar-refractivity contribution in [1.29, 1.82) is 0 Å². The van der Waals surface area contributed by atoms with Crippen LogP contribution in [0.2, 0.25) is 0 Å². The first-order chi connectivity index (χ1) is 15.2. The first-order valence-electron chi connectivity index (χ1n) is 10.7. The summed E-state index contributed by atoms with van der Waals surface area (Å²) in [5.41, 5.74) is 4.92. The van der Waals surface area contributed by atoms with Gasteiger partial charge in [0.05, 0.1) is 29.8 Å². The Hall–Kier alpha value is -3.23. The van der Waals surface area contributed by atoms with Crippen molar-refractivity contribution >= 4 is 27.8 Å². The summed E-state index contributed by atoms with van der Waals surface area (Å²) in [4.78, 5) is 26.5. The highest BCUT2D eigenvalue weighted by Crippen LogP contribution is 2.25. The van der Waals surface area contributed by atoms with Crippen LogP contribution in [0.15, 0.2) is 47.5 Å². The highest BCUT2D eigenvalue weighted by molar-refractivity contribution is 5.98. The van der Waals surface area contributed by atoms with Crippen molar-refractivity contribution in [3.8, 4) is 0 Å². The average Bonchev–Trinajstić information content (AvgIpc) is 3.11. The van der Waals surface area contributed by atoms with Crippen molar-refractivity contribution in [3.63, 3.8) is 0 Å². The van der Waals surface area contributed by atoms with Crippen molar-refractivity contribution in [3.05, 3.63) is 64.3 Å². The lowest BCUT2D eigenvalue weighted by molar-refractivity contribution is 0.0341. The minimum atomic E-state index is -0.104. The van der Waals surface area contributed by atoms with Crippen LogP contribution in [0.1, 0.15) is 18.1 Å². The van der Waals surface area contributed by atoms with Gasteiger partial charge in [0.2, 0.25) is 0 Å². The minimum absolute atomic E-state index is 0.104. The van der Waals surface area contributed by atoms with E-state index in [2.05, 4.69) is 49.4 Å². The van der Waals surface area contributed by atoms with E-state index in [1.807, 2.05) is 19.1 Å². The topological polar surface area (TPSA) is 88.1 Å². The second kappa shape index (κ2) is 8.49. The maximum atomic E-state index is 12.2. The number of nitrogens with one attached hydrogen (secondary N) is 2. The summed E-state index contributed by atoms with van der Waals surface area (Å²) >= 11 is 0. The van der Waals surface area contributed by atoms with Gasteiger partial charge in [0.25, 0.3) is 0 Å². The quantitative estimate of drug-likeness (QED) is 0.501. The SMILES string of the molecule is CCn1c(=O)[nH]c2cc3c(NCc4ccccc4CN4CCOCC4)ncnc3cc21. The Kier molecular flexibility index (Phi) is 5.40. The molecule has 3 heterocycles. The van der Waals surface area contributed by atoms with Crippen LogP contribution in [0.3, 0.4) is 0 Å². The second-order valence-electron chi connectivity index (χ2n) is 7.79. The second-order valence-corrected chi connectivity index (χ2v) is 7.79. The van der Waals surface area contributed by atoms with E-state index in [9.17, 15) is 4.79 Å². The molecular formula is C23H26N6O2. The van der Waals surface area contributed by atoms with Gasteiger partial charge in [-0.3, -0.25) is 9.47 Å². The molecule has 1 aliphatic heterocycles. The molecule has 31 heavy (non-hydrogen) atoms. The van der Waals surface area contributed by atoms with Gasteiger partial charge >= 0.3 is 5.69 Å². The highest BCUT2D eigenvalue weighted by atomic mass is 16.5. The standard InChI is InChI=1S/C23H26N6O2/c1-2-29-21-12-19-18(11-20(21)27-23(29)30)22(26-15-25-19)24-13-16-5-3-4-6-17(16)14-28-7-9-31-10-8-28/h3-6,11-12,15H,2,7-10,13-14H2,1H3,(H,27,30)(H,24,25,26). The minimum Gasteiger partial charge on any atom is -0.379 e. The number of H-pyrrole nitrogens is 1. The van der Waals surface area contributed by atoms with E-state index in [0.717, 1.165) is 60.6 Å². The molecule has 0 amide bonds. The molecular weight excluding hydrogens is 392 g/mol. The summed E-state index contributed by atoms with van der Waals surface area (Å²) in [7, 11) is 0. The Morgan fingerprint density at radius 1 is 1.13 bits per heavy atom. The van der Waals surface area contributed by atoms with Crippen LogP contribution in [-0.4, -0.2) is 50.7 Å². The number of morpholine rings is 1. The molecule has 2 aromatic heterocycles. The Bertz CT molecular complexity index is 1270. The maximum Gasteiger partial charge on any atom is 0.326 e. The molecule has 0 aliphatic carbocycles. The molecule has 2 aromatic carbocycles. The fourth-order valence-corrected chi connectivity index (χ4v) is 4.23. The molecule has 0 unspecified atom stereocenters. The number of aromatic nitrogens is 4. The zero-order valence-corrected chi connectivity index (χ0v) is 17.6. The third-order valence-electron chi connectivity index (χ3n) is 5.91. The molecule has 8 heteroatoms. The van der Waals surface area contributed by atoms with Crippen molar-refractivity contribution < 1.29 is 4.74 Å². The van der Waals surface area contributed by atoms with Crippen LogP contribution in [0.4, 0.5) is 5.82 Å². The molecule has 1 saturated heterocycles. The van der Waals surface area contributed by atoms with Gasteiger partial charge < -0.3 is 15.0 Å². The lowest BCUT2D eigenvalue weighted by Crippen LogP contribution is -2.35. The smallest absolute Gasteiger partial charge is 0.326 e. The molecule has 1 fully saturated rings. The monoisotopic (exact) mass is 418 g/mol. The molecule has 1 aliphatic rings. The Morgan fingerprint density at radius 2 is 1.94 bits per heavy atom. The number of aromatic amines is 1. The lowest BCUT2D eigenvalue weighted by Gasteiger charge is -2.27. The van der Waals surface area contributed by atoms with Gasteiger partial charge in [0, 0.05) is 38.1 Å². The zero-order valence-electron chi connectivity index (χ0n) is 17.6. The number of ether oxygens (including phenoxy) is 1. The van der Waals surface area contributed by atoms with Gasteiger partial charge in [0.15, 0.2) is 0 Å². The third-order valence-corrected chi connectivity index (χ3v) is 5.91. The molecule has 2 N–H and O–H groups in total. The number of rotatable bonds is 6. The molecule has 160 valence electrons. The molecule has 0 bridgehead atoms. The van der Waals surface area contributed by atoms with Gasteiger partial charge in [-0.25, -0.2) is 14.8 Å². The van der Waals surface area contributed by atoms with Gasteiger partial charge in [0.1, 0.15) is 12.1 Å². The Labute approximate surface area is 179 Å². The number of anilines is 1. The first-order valence-corrected chi connectivity index (χ1v) is 10.7. The van der Waals surface area contributed by atoms with E-state index in [1.54, 1.807) is 10.9 Å². The van der Waals surface area contributed by atoms with Crippen molar-refractivity contribution in [2.75, 3.05) is 31.6 Å². The number of hydrogen-bond donors (Lipinski definition) is 2. The highest BCUT2D eigenvalue weighted by Gasteiger charge is 2.14. The largest absolute Gasteiger partial charge is 0.379 e. The predicted octanol–water partition coefficient (Wildman–Crippen LogP) is 2.74. The number of imidazole rings is 1. The van der Waals surface area contributed by atoms with Crippen LogP contribution in [0.5, 0.6) is 0 Å². The fraction of sp³-hybridized carbons (Fsp3) is 0.348. The van der Waals surface area contributed by atoms with Gasteiger partial charge in [-0.1, -0.05) is 24.3 Å². The van der Waals surface area contributed by atoms with Crippen molar-refractivity contribution in [1.82, 2.24) is 24.4 Å². The van der Waals surface area contributed by atoms with Crippen LogP contribution in [0.25, 0.3) is 21.9 Å². The fourth-order valence-electron chi connectivity index (χ4n) is 4.23. The predicted molar refractivity (Wildman–Crippen MR) is 121 cm³/mol. The molecule has 5 rings (SSSR count). The molecule has 0 radical (unpaired) electrons. The lowest BCUT2D eigenvalue weighted by atomic mass is 10.1. The van der Waals surface area contributed by atoms with E-state index < -0.39 is 0 Å². The summed E-state index contributed by atoms with van der Waals surface area (Å²) < 4.78 is 7.18. The summed E-state index contributed by atoms with van der Waals surface area (Å²) in [6, 6.07) is 12.4. The van der Waals surface area contributed by atoms with E-state index in [0.29, 0.717) is 13.1 Å². The zero-order chi connectivity index (χ0) is 21.2. The number of fused-ring (bicyclic) bond motifs is 2. The normalized spacial score (nSPS) is 15.0. The summed E-state index contributed by atoms with van der Waals surface area (Å²) in [6.45, 7) is 7.66. The maximum absolute atomic E-state index is 12.2. The van der Waals surface area contributed by atoms with E-state index in [1.165, 1.54) is 11.1 Å². The van der Waals surface area contributed by atoms with E-state index >= 15 is 0 Å². The molecule has 8 nitrogen and oxygen atoms in total. The average molecular weight is 419 g/mol. The van der Waals surface area contributed by atoms with Crippen LogP contribution in [0, 0.1) is 0 Å². The van der Waals surface area contributed by atoms with E-state index in [4.69, 9.17) is 4.74 Å². The van der Waals surface area contributed by atoms with Gasteiger partial charge in [-0.15, -0.1) is 0 Å². The summed E-state index contributed by atoms with van der Waals surface area (Å²) in [5.74, 6) is 0.762. The van der Waals surface area contributed by atoms with Crippen molar-refractivity contribution in [2.45, 2.75) is 26.6 Å². The van der Waals surface area contributed by atoms with Gasteiger partial charge in [-0.05, 0) is 30.2 Å². The molecule has 0 spiro atoms. The number of nitrogens with zero attached hydrogens (tertiary/aromatic N) is 4. The number of hydrogen-bond acceptors (Lipinski definition) is 6. The Balaban J connectivity index is 1.42. The first kappa shape index (κ1) is 19.7. The molecule has 4 aromatic rings. The van der Waals surface area contributed by atoms with Crippen LogP contribution < -0.4 is 11.0 Å². The third kappa shape index (κ3) is 3.92. The molecule has 0 saturated carbocycles. The van der Waals surface area contributed by atoms with Gasteiger partial charge in [-0.2, -0.15) is 0 Å². The van der Waals surface area contributed by atoms with Crippen molar-refractivity contribution in [2.24, 2.45) is 0 Å². The summed E-state index contributed by atoms with van der Waals surface area (Å²) in [5, 5.41) is 4.38.